The van der Waals surface area contributed by atoms with Crippen LogP contribution >= 0.6 is 23.2 Å². The average Bonchev–Trinajstić information content (AvgIpc) is 2.49. The minimum absolute atomic E-state index is 0.156. The Labute approximate surface area is 132 Å². The van der Waals surface area contributed by atoms with Gasteiger partial charge in [-0.25, -0.2) is 0 Å². The Balaban J connectivity index is 1.91. The third-order valence-electron chi connectivity index (χ3n) is 2.65. The Hall–Kier alpha value is -2.04. The van der Waals surface area contributed by atoms with Crippen molar-refractivity contribution in [2.24, 2.45) is 0 Å². The number of hydrogen-bond acceptors (Lipinski definition) is 2. The van der Waals surface area contributed by atoms with Gasteiger partial charge >= 0.3 is 0 Å². The zero-order valence-corrected chi connectivity index (χ0v) is 12.4. The smallest absolute Gasteiger partial charge is 0.251 e. The van der Waals surface area contributed by atoms with E-state index < -0.39 is 0 Å². The topological polar surface area (TPSA) is 58.2 Å². The fourth-order valence-corrected chi connectivity index (χ4v) is 1.98. The molecule has 0 spiro atoms. The highest BCUT2D eigenvalue weighted by molar-refractivity contribution is 6.35. The maximum absolute atomic E-state index is 11.8. The molecule has 0 fully saturated rings. The van der Waals surface area contributed by atoms with E-state index in [-0.39, 0.29) is 18.4 Å². The van der Waals surface area contributed by atoms with Crippen molar-refractivity contribution in [2.45, 2.75) is 0 Å². The minimum Gasteiger partial charge on any atom is -0.343 e. The zero-order chi connectivity index (χ0) is 15.2. The normalized spacial score (nSPS) is 10.0. The van der Waals surface area contributed by atoms with Gasteiger partial charge < -0.3 is 10.6 Å². The number of anilines is 1. The molecule has 2 aromatic carbocycles. The van der Waals surface area contributed by atoms with E-state index in [1.54, 1.807) is 42.5 Å². The molecular formula is C15H12Cl2N2O2. The van der Waals surface area contributed by atoms with Gasteiger partial charge in [-0.1, -0.05) is 41.4 Å². The van der Waals surface area contributed by atoms with E-state index in [2.05, 4.69) is 10.6 Å². The van der Waals surface area contributed by atoms with Gasteiger partial charge in [0.1, 0.15) is 0 Å². The molecule has 0 aliphatic carbocycles. The summed E-state index contributed by atoms with van der Waals surface area (Å²) in [5, 5.41) is 5.95. The van der Waals surface area contributed by atoms with E-state index in [0.29, 0.717) is 21.3 Å². The summed E-state index contributed by atoms with van der Waals surface area (Å²) in [6, 6.07) is 13.4. The summed E-state index contributed by atoms with van der Waals surface area (Å²) in [6.07, 6.45) is 0. The number of carbonyl (C=O) groups is 2. The Morgan fingerprint density at radius 1 is 1.00 bits per heavy atom. The molecule has 2 rings (SSSR count). The van der Waals surface area contributed by atoms with Gasteiger partial charge in [-0.15, -0.1) is 0 Å². The average molecular weight is 323 g/mol. The maximum atomic E-state index is 11.8. The number of nitrogens with one attached hydrogen (secondary N) is 2. The van der Waals surface area contributed by atoms with E-state index in [9.17, 15) is 9.59 Å². The summed E-state index contributed by atoms with van der Waals surface area (Å²) in [7, 11) is 0. The fraction of sp³-hybridized carbons (Fsp3) is 0.0667. The minimum atomic E-state index is -0.386. The Kier molecular flexibility index (Phi) is 5.20. The van der Waals surface area contributed by atoms with Crippen LogP contribution in [0.4, 0.5) is 5.69 Å². The van der Waals surface area contributed by atoms with Crippen LogP contribution in [0, 0.1) is 0 Å². The molecule has 0 radical (unpaired) electrons. The van der Waals surface area contributed by atoms with Crippen LogP contribution in [0.15, 0.2) is 48.5 Å². The zero-order valence-electron chi connectivity index (χ0n) is 10.9. The molecule has 4 nitrogen and oxygen atoms in total. The van der Waals surface area contributed by atoms with Gasteiger partial charge in [0.2, 0.25) is 5.91 Å². The van der Waals surface area contributed by atoms with Gasteiger partial charge in [0.25, 0.3) is 5.91 Å². The molecule has 2 N–H and O–H groups in total. The molecule has 0 unspecified atom stereocenters. The summed E-state index contributed by atoms with van der Waals surface area (Å²) in [5.74, 6) is -0.702. The van der Waals surface area contributed by atoms with Crippen molar-refractivity contribution < 1.29 is 9.59 Å². The number of rotatable bonds is 4. The molecule has 0 atom stereocenters. The van der Waals surface area contributed by atoms with E-state index in [1.165, 1.54) is 0 Å². The van der Waals surface area contributed by atoms with Crippen molar-refractivity contribution in [3.05, 3.63) is 64.1 Å². The molecule has 108 valence electrons. The summed E-state index contributed by atoms with van der Waals surface area (Å²) in [5.41, 5.74) is 0.897. The largest absolute Gasteiger partial charge is 0.343 e. The SMILES string of the molecule is O=C(CNC(=O)c1ccccc1)Nc1cc(Cl)ccc1Cl. The lowest BCUT2D eigenvalue weighted by Gasteiger charge is -2.08. The summed E-state index contributed by atoms with van der Waals surface area (Å²) < 4.78 is 0. The summed E-state index contributed by atoms with van der Waals surface area (Å²) in [6.45, 7) is -0.156. The van der Waals surface area contributed by atoms with Crippen LogP contribution in [-0.2, 0) is 4.79 Å². The fourth-order valence-electron chi connectivity index (χ4n) is 1.64. The van der Waals surface area contributed by atoms with Crippen molar-refractivity contribution in [2.75, 3.05) is 11.9 Å². The second-order valence-corrected chi connectivity index (χ2v) is 5.06. The van der Waals surface area contributed by atoms with Gasteiger partial charge in [-0.3, -0.25) is 9.59 Å². The molecule has 21 heavy (non-hydrogen) atoms. The molecule has 0 aromatic heterocycles. The quantitative estimate of drug-likeness (QED) is 0.906. The molecule has 0 heterocycles. The highest BCUT2D eigenvalue weighted by Crippen LogP contribution is 2.25. The van der Waals surface area contributed by atoms with Crippen LogP contribution in [0.5, 0.6) is 0 Å². The molecule has 0 aliphatic heterocycles. The number of amides is 2. The lowest BCUT2D eigenvalue weighted by atomic mass is 10.2. The summed E-state index contributed by atoms with van der Waals surface area (Å²) >= 11 is 11.8. The Morgan fingerprint density at radius 2 is 1.71 bits per heavy atom. The van der Waals surface area contributed by atoms with E-state index in [1.807, 2.05) is 6.07 Å². The molecule has 6 heteroatoms. The first-order valence-electron chi connectivity index (χ1n) is 6.14. The number of carbonyl (C=O) groups excluding carboxylic acids is 2. The first kappa shape index (κ1) is 15.4. The van der Waals surface area contributed by atoms with Gasteiger partial charge in [0.05, 0.1) is 17.3 Å². The molecule has 0 aliphatic rings. The summed E-state index contributed by atoms with van der Waals surface area (Å²) in [4.78, 5) is 23.6. The van der Waals surface area contributed by atoms with E-state index in [0.717, 1.165) is 0 Å². The van der Waals surface area contributed by atoms with Crippen molar-refractivity contribution >= 4 is 40.7 Å². The van der Waals surface area contributed by atoms with Crippen molar-refractivity contribution in [1.82, 2.24) is 5.32 Å². The predicted molar refractivity (Wildman–Crippen MR) is 83.9 cm³/mol. The molecular weight excluding hydrogens is 311 g/mol. The lowest BCUT2D eigenvalue weighted by Crippen LogP contribution is -2.32. The van der Waals surface area contributed by atoms with Crippen LogP contribution in [0.1, 0.15) is 10.4 Å². The van der Waals surface area contributed by atoms with Gasteiger partial charge in [0, 0.05) is 10.6 Å². The first-order valence-corrected chi connectivity index (χ1v) is 6.90. The number of hydrogen-bond donors (Lipinski definition) is 2. The molecule has 2 amide bonds. The monoisotopic (exact) mass is 322 g/mol. The van der Waals surface area contributed by atoms with Crippen LogP contribution < -0.4 is 10.6 Å². The van der Waals surface area contributed by atoms with Gasteiger partial charge in [-0.2, -0.15) is 0 Å². The number of benzene rings is 2. The van der Waals surface area contributed by atoms with Crippen molar-refractivity contribution in [1.29, 1.82) is 0 Å². The van der Waals surface area contributed by atoms with Crippen LogP contribution in [-0.4, -0.2) is 18.4 Å². The highest BCUT2D eigenvalue weighted by atomic mass is 35.5. The van der Waals surface area contributed by atoms with Crippen LogP contribution in [0.3, 0.4) is 0 Å². The highest BCUT2D eigenvalue weighted by Gasteiger charge is 2.09. The van der Waals surface area contributed by atoms with Crippen LogP contribution in [0.25, 0.3) is 0 Å². The van der Waals surface area contributed by atoms with Gasteiger partial charge in [-0.05, 0) is 30.3 Å². The molecule has 0 saturated heterocycles. The second-order valence-electron chi connectivity index (χ2n) is 4.22. The maximum Gasteiger partial charge on any atom is 0.251 e. The van der Waals surface area contributed by atoms with E-state index in [4.69, 9.17) is 23.2 Å². The van der Waals surface area contributed by atoms with Crippen LogP contribution in [0.2, 0.25) is 10.0 Å². The number of halogens is 2. The Morgan fingerprint density at radius 3 is 2.43 bits per heavy atom. The third-order valence-corrected chi connectivity index (χ3v) is 3.21. The molecule has 0 bridgehead atoms. The van der Waals surface area contributed by atoms with Gasteiger partial charge in [0.15, 0.2) is 0 Å². The van der Waals surface area contributed by atoms with Crippen molar-refractivity contribution in [3.63, 3.8) is 0 Å². The predicted octanol–water partition coefficient (Wildman–Crippen LogP) is 3.36. The molecule has 2 aromatic rings. The first-order chi connectivity index (χ1) is 10.1. The molecule has 0 saturated carbocycles. The second kappa shape index (κ2) is 7.11. The lowest BCUT2D eigenvalue weighted by molar-refractivity contribution is -0.115. The third kappa shape index (κ3) is 4.48. The van der Waals surface area contributed by atoms with Crippen molar-refractivity contribution in [3.8, 4) is 0 Å². The Bertz CT molecular complexity index is 660. The van der Waals surface area contributed by atoms with E-state index >= 15 is 0 Å². The standard InChI is InChI=1S/C15H12Cl2N2O2/c16-11-6-7-12(17)13(8-11)19-14(20)9-18-15(21)10-4-2-1-3-5-10/h1-8H,9H2,(H,18,21)(H,19,20).